The molecule has 2 rings (SSSR count). The quantitative estimate of drug-likeness (QED) is 0.815. The second-order valence-corrected chi connectivity index (χ2v) is 5.18. The Bertz CT molecular complexity index is 694. The Hall–Kier alpha value is -2.69. The molecule has 0 saturated carbocycles. The first-order valence-corrected chi connectivity index (χ1v) is 7.40. The zero-order valence-electron chi connectivity index (χ0n) is 13.2. The molecule has 0 aliphatic heterocycles. The summed E-state index contributed by atoms with van der Waals surface area (Å²) in [7, 11) is 1.59. The number of hydrogen-bond donors (Lipinski definition) is 2. The molecule has 5 heteroatoms. The van der Waals surface area contributed by atoms with Gasteiger partial charge < -0.3 is 19.7 Å². The fraction of sp³-hybridized carbons (Fsp3) is 0.278. The highest BCUT2D eigenvalue weighted by molar-refractivity contribution is 5.90. The third-order valence-electron chi connectivity index (χ3n) is 3.45. The van der Waals surface area contributed by atoms with E-state index in [1.165, 1.54) is 17.7 Å². The van der Waals surface area contributed by atoms with Crippen LogP contribution in [0.5, 0.6) is 17.2 Å². The third kappa shape index (κ3) is 4.16. The molecular formula is C18H20O5. The third-order valence-corrected chi connectivity index (χ3v) is 3.45. The topological polar surface area (TPSA) is 76.0 Å². The maximum Gasteiger partial charge on any atom is 0.339 e. The van der Waals surface area contributed by atoms with Gasteiger partial charge in [0.05, 0.1) is 7.11 Å². The predicted molar refractivity (Wildman–Crippen MR) is 86.4 cm³/mol. The van der Waals surface area contributed by atoms with Gasteiger partial charge in [0, 0.05) is 0 Å². The summed E-state index contributed by atoms with van der Waals surface area (Å²) in [5, 5.41) is 18.6. The van der Waals surface area contributed by atoms with Crippen molar-refractivity contribution in [2.24, 2.45) is 0 Å². The lowest BCUT2D eigenvalue weighted by molar-refractivity contribution is 0.0693. The number of carbonyl (C=O) groups is 1. The van der Waals surface area contributed by atoms with Crippen molar-refractivity contribution in [2.45, 2.75) is 26.4 Å². The summed E-state index contributed by atoms with van der Waals surface area (Å²) in [6.45, 7) is 2.32. The number of phenols is 1. The van der Waals surface area contributed by atoms with Crippen LogP contribution in [-0.2, 0) is 13.0 Å². The lowest BCUT2D eigenvalue weighted by Gasteiger charge is -2.12. The molecule has 0 aliphatic carbocycles. The number of carboxylic acids is 1. The Morgan fingerprint density at radius 2 is 1.83 bits per heavy atom. The number of methoxy groups -OCH3 is 1. The van der Waals surface area contributed by atoms with Gasteiger partial charge >= 0.3 is 5.97 Å². The summed E-state index contributed by atoms with van der Waals surface area (Å²) < 4.78 is 11.1. The molecule has 0 aromatic heterocycles. The Balaban J connectivity index is 2.11. The maximum absolute atomic E-state index is 10.9. The van der Waals surface area contributed by atoms with Crippen LogP contribution in [0, 0.1) is 0 Å². The van der Waals surface area contributed by atoms with Gasteiger partial charge in [-0.1, -0.05) is 25.5 Å². The van der Waals surface area contributed by atoms with Crippen molar-refractivity contribution in [2.75, 3.05) is 7.11 Å². The van der Waals surface area contributed by atoms with Crippen LogP contribution in [0.15, 0.2) is 36.4 Å². The van der Waals surface area contributed by atoms with Gasteiger partial charge in [-0.05, 0) is 41.8 Å². The first-order chi connectivity index (χ1) is 11.0. The Morgan fingerprint density at radius 1 is 1.09 bits per heavy atom. The molecule has 0 aliphatic rings. The van der Waals surface area contributed by atoms with Crippen LogP contribution < -0.4 is 9.47 Å². The molecule has 0 saturated heterocycles. The van der Waals surface area contributed by atoms with Crippen molar-refractivity contribution >= 4 is 5.97 Å². The number of rotatable bonds is 7. The fourth-order valence-electron chi connectivity index (χ4n) is 2.28. The fourth-order valence-corrected chi connectivity index (χ4v) is 2.28. The van der Waals surface area contributed by atoms with Crippen molar-refractivity contribution in [1.29, 1.82) is 0 Å². The van der Waals surface area contributed by atoms with Crippen LogP contribution in [0.3, 0.4) is 0 Å². The molecule has 0 radical (unpaired) electrons. The summed E-state index contributed by atoms with van der Waals surface area (Å²) in [5.41, 5.74) is 1.72. The van der Waals surface area contributed by atoms with E-state index in [2.05, 4.69) is 6.92 Å². The van der Waals surface area contributed by atoms with E-state index in [4.69, 9.17) is 14.6 Å². The molecule has 23 heavy (non-hydrogen) atoms. The number of carboxylic acid groups (broad SMARTS) is 1. The van der Waals surface area contributed by atoms with Crippen molar-refractivity contribution < 1.29 is 24.5 Å². The standard InChI is InChI=1S/C18H20O5/c1-3-4-12-6-8-16(17(10-12)22-2)23-11-13-5-7-14(18(20)21)15(19)9-13/h5-10,19H,3-4,11H2,1-2H3,(H,20,21). The molecule has 0 unspecified atom stereocenters. The van der Waals surface area contributed by atoms with E-state index in [1.807, 2.05) is 18.2 Å². The number of hydrogen-bond acceptors (Lipinski definition) is 4. The number of aryl methyl sites for hydroxylation is 1. The average molecular weight is 316 g/mol. The highest BCUT2D eigenvalue weighted by atomic mass is 16.5. The van der Waals surface area contributed by atoms with E-state index < -0.39 is 5.97 Å². The molecule has 122 valence electrons. The maximum atomic E-state index is 10.9. The van der Waals surface area contributed by atoms with Gasteiger partial charge in [0.25, 0.3) is 0 Å². The van der Waals surface area contributed by atoms with Gasteiger partial charge in [-0.3, -0.25) is 0 Å². The van der Waals surface area contributed by atoms with Crippen LogP contribution >= 0.6 is 0 Å². The van der Waals surface area contributed by atoms with Crippen LogP contribution in [0.25, 0.3) is 0 Å². The van der Waals surface area contributed by atoms with Crippen LogP contribution in [0.4, 0.5) is 0 Å². The second kappa shape index (κ2) is 7.54. The molecule has 2 aromatic rings. The van der Waals surface area contributed by atoms with Crippen LogP contribution in [-0.4, -0.2) is 23.3 Å². The zero-order chi connectivity index (χ0) is 16.8. The Kier molecular flexibility index (Phi) is 5.46. The number of aromatic carboxylic acids is 1. The summed E-state index contributed by atoms with van der Waals surface area (Å²) >= 11 is 0. The van der Waals surface area contributed by atoms with E-state index in [9.17, 15) is 9.90 Å². The number of ether oxygens (including phenoxy) is 2. The van der Waals surface area contributed by atoms with Gasteiger partial charge in [-0.2, -0.15) is 0 Å². The van der Waals surface area contributed by atoms with E-state index >= 15 is 0 Å². The highest BCUT2D eigenvalue weighted by Gasteiger charge is 2.11. The molecule has 0 amide bonds. The largest absolute Gasteiger partial charge is 0.507 e. The Labute approximate surface area is 135 Å². The minimum Gasteiger partial charge on any atom is -0.507 e. The molecule has 2 N–H and O–H groups in total. The Morgan fingerprint density at radius 3 is 2.43 bits per heavy atom. The van der Waals surface area contributed by atoms with E-state index in [-0.39, 0.29) is 17.9 Å². The summed E-state index contributed by atoms with van der Waals surface area (Å²) in [6.07, 6.45) is 2.03. The van der Waals surface area contributed by atoms with Crippen molar-refractivity contribution in [3.8, 4) is 17.2 Å². The molecule has 5 nitrogen and oxygen atoms in total. The van der Waals surface area contributed by atoms with Crippen LogP contribution in [0.2, 0.25) is 0 Å². The second-order valence-electron chi connectivity index (χ2n) is 5.18. The van der Waals surface area contributed by atoms with Crippen LogP contribution in [0.1, 0.15) is 34.8 Å². The highest BCUT2D eigenvalue weighted by Crippen LogP contribution is 2.29. The first-order valence-electron chi connectivity index (χ1n) is 7.40. The number of aromatic hydroxyl groups is 1. The summed E-state index contributed by atoms with van der Waals surface area (Å²) in [4.78, 5) is 10.9. The smallest absolute Gasteiger partial charge is 0.339 e. The molecule has 0 heterocycles. The minimum atomic E-state index is -1.16. The summed E-state index contributed by atoms with van der Waals surface area (Å²) in [6, 6.07) is 10.2. The predicted octanol–water partition coefficient (Wildman–Crippen LogP) is 3.63. The van der Waals surface area contributed by atoms with Gasteiger partial charge in [-0.25, -0.2) is 4.79 Å². The minimum absolute atomic E-state index is 0.129. The molecular weight excluding hydrogens is 296 g/mol. The average Bonchev–Trinajstić information content (AvgIpc) is 2.53. The normalized spacial score (nSPS) is 10.3. The lowest BCUT2D eigenvalue weighted by Crippen LogP contribution is -2.01. The number of benzene rings is 2. The molecule has 2 aromatic carbocycles. The summed E-state index contributed by atoms with van der Waals surface area (Å²) in [5.74, 6) is -0.177. The molecule has 0 bridgehead atoms. The van der Waals surface area contributed by atoms with Crippen molar-refractivity contribution in [1.82, 2.24) is 0 Å². The van der Waals surface area contributed by atoms with Gasteiger partial charge in [-0.15, -0.1) is 0 Å². The van der Waals surface area contributed by atoms with Gasteiger partial charge in [0.1, 0.15) is 17.9 Å². The van der Waals surface area contributed by atoms with Crippen molar-refractivity contribution in [3.63, 3.8) is 0 Å². The SMILES string of the molecule is CCCc1ccc(OCc2ccc(C(=O)O)c(O)c2)c(OC)c1. The van der Waals surface area contributed by atoms with E-state index in [0.29, 0.717) is 17.1 Å². The van der Waals surface area contributed by atoms with Crippen molar-refractivity contribution in [3.05, 3.63) is 53.1 Å². The van der Waals surface area contributed by atoms with E-state index in [1.54, 1.807) is 13.2 Å². The van der Waals surface area contributed by atoms with E-state index in [0.717, 1.165) is 12.8 Å². The molecule has 0 atom stereocenters. The monoisotopic (exact) mass is 316 g/mol. The molecule has 0 fully saturated rings. The first kappa shape index (κ1) is 16.7. The van der Waals surface area contributed by atoms with Gasteiger partial charge in [0.2, 0.25) is 0 Å². The zero-order valence-corrected chi connectivity index (χ0v) is 13.2. The lowest BCUT2D eigenvalue weighted by atomic mass is 10.1. The van der Waals surface area contributed by atoms with Gasteiger partial charge in [0.15, 0.2) is 11.5 Å². The molecule has 0 spiro atoms.